The summed E-state index contributed by atoms with van der Waals surface area (Å²) in [5.41, 5.74) is 2.90. The molecular weight excluding hydrogens is 427 g/mol. The zero-order valence-electron chi connectivity index (χ0n) is 20.8. The van der Waals surface area contributed by atoms with Crippen molar-refractivity contribution < 1.29 is 0 Å². The topological polar surface area (TPSA) is 0 Å². The lowest BCUT2D eigenvalue weighted by molar-refractivity contribution is 0.589. The minimum atomic E-state index is -0.773. The van der Waals surface area contributed by atoms with Gasteiger partial charge in [-0.15, -0.1) is 0 Å². The molecule has 178 valence electrons. The van der Waals surface area contributed by atoms with Crippen molar-refractivity contribution in [3.05, 3.63) is 59.7 Å². The Labute approximate surface area is 205 Å². The molecule has 0 bridgehead atoms. The minimum Gasteiger partial charge on any atom is -0.0859 e. The average Bonchev–Trinajstić information content (AvgIpc) is 2.83. The van der Waals surface area contributed by atoms with Gasteiger partial charge in [0.15, 0.2) is 0 Å². The first-order valence-electron chi connectivity index (χ1n) is 13.4. The van der Waals surface area contributed by atoms with Crippen LogP contribution in [0.2, 0.25) is 0 Å². The van der Waals surface area contributed by atoms with Crippen molar-refractivity contribution in [1.29, 1.82) is 0 Å². The van der Waals surface area contributed by atoms with Crippen molar-refractivity contribution in [2.24, 2.45) is 0 Å². The third-order valence-corrected chi connectivity index (χ3v) is 9.14. The van der Waals surface area contributed by atoms with Gasteiger partial charge in [-0.1, -0.05) is 151 Å². The Morgan fingerprint density at radius 2 is 0.781 bits per heavy atom. The SMILES string of the molecule is CCCCCCCCCc1ccc(P(Cl)c2ccc(CCCCCCCCC)cc2)cc1. The first kappa shape index (κ1) is 27.4. The molecule has 0 saturated carbocycles. The average molecular weight is 473 g/mol. The van der Waals surface area contributed by atoms with Gasteiger partial charge in [0.2, 0.25) is 0 Å². The van der Waals surface area contributed by atoms with Crippen molar-refractivity contribution in [1.82, 2.24) is 0 Å². The van der Waals surface area contributed by atoms with E-state index in [9.17, 15) is 0 Å². The van der Waals surface area contributed by atoms with E-state index in [0.29, 0.717) is 0 Å². The standard InChI is InChI=1S/C30H46ClP/c1-3-5-7-9-11-13-15-17-27-19-23-29(24-20-27)32(31)30-25-21-28(22-26-30)18-16-14-12-10-8-6-4-2/h19-26H,3-18H2,1-2H3. The van der Waals surface area contributed by atoms with Crippen molar-refractivity contribution in [2.45, 2.75) is 117 Å². The summed E-state index contributed by atoms with van der Waals surface area (Å²) in [6.07, 6.45) is 21.6. The molecule has 2 aromatic rings. The Kier molecular flexibility index (Phi) is 15.1. The minimum absolute atomic E-state index is 0.773. The van der Waals surface area contributed by atoms with E-state index in [1.165, 1.54) is 124 Å². The van der Waals surface area contributed by atoms with Crippen LogP contribution in [0.25, 0.3) is 0 Å². The van der Waals surface area contributed by atoms with Crippen molar-refractivity contribution >= 4 is 29.1 Å². The van der Waals surface area contributed by atoms with Gasteiger partial charge in [-0.2, -0.15) is 0 Å². The lowest BCUT2D eigenvalue weighted by Gasteiger charge is -2.12. The van der Waals surface area contributed by atoms with E-state index in [4.69, 9.17) is 11.2 Å². The summed E-state index contributed by atoms with van der Waals surface area (Å²) >= 11 is 6.88. The van der Waals surface area contributed by atoms with Gasteiger partial charge in [-0.05, 0) is 47.4 Å². The molecule has 0 unspecified atom stereocenters. The Bertz CT molecular complexity index is 630. The molecular formula is C30H46ClP. The molecule has 0 amide bonds. The van der Waals surface area contributed by atoms with E-state index in [1.807, 2.05) is 0 Å². The van der Waals surface area contributed by atoms with Gasteiger partial charge in [0.05, 0.1) is 7.27 Å². The van der Waals surface area contributed by atoms with E-state index >= 15 is 0 Å². The van der Waals surface area contributed by atoms with Crippen LogP contribution in [0.15, 0.2) is 48.5 Å². The summed E-state index contributed by atoms with van der Waals surface area (Å²) in [5.74, 6) is 0. The number of aryl methyl sites for hydroxylation is 2. The van der Waals surface area contributed by atoms with Crippen LogP contribution in [0.4, 0.5) is 0 Å². The summed E-state index contributed by atoms with van der Waals surface area (Å²) in [4.78, 5) is 0. The van der Waals surface area contributed by atoms with Gasteiger partial charge in [-0.25, -0.2) is 0 Å². The van der Waals surface area contributed by atoms with E-state index in [1.54, 1.807) is 0 Å². The highest BCUT2D eigenvalue weighted by atomic mass is 35.7. The third kappa shape index (κ3) is 11.3. The van der Waals surface area contributed by atoms with Crippen LogP contribution in [0, 0.1) is 0 Å². The second-order valence-electron chi connectivity index (χ2n) is 9.36. The molecule has 2 aromatic carbocycles. The maximum atomic E-state index is 6.88. The summed E-state index contributed by atoms with van der Waals surface area (Å²) in [6.45, 7) is 4.56. The number of hydrogen-bond acceptors (Lipinski definition) is 0. The monoisotopic (exact) mass is 472 g/mol. The third-order valence-electron chi connectivity index (χ3n) is 6.46. The number of benzene rings is 2. The predicted octanol–water partition coefficient (Wildman–Crippen LogP) is 9.86. The van der Waals surface area contributed by atoms with E-state index in [2.05, 4.69) is 62.4 Å². The summed E-state index contributed by atoms with van der Waals surface area (Å²) < 4.78 is 0. The maximum absolute atomic E-state index is 6.88. The molecule has 0 N–H and O–H groups in total. The maximum Gasteiger partial charge on any atom is 0.0524 e. The molecule has 0 aliphatic carbocycles. The first-order chi connectivity index (χ1) is 15.7. The molecule has 0 heterocycles. The van der Waals surface area contributed by atoms with Crippen LogP contribution in [0.3, 0.4) is 0 Å². The number of rotatable bonds is 18. The summed E-state index contributed by atoms with van der Waals surface area (Å²) in [5, 5.41) is 2.54. The Hall–Kier alpha value is -0.840. The quantitative estimate of drug-likeness (QED) is 0.149. The van der Waals surface area contributed by atoms with Crippen LogP contribution in [0.5, 0.6) is 0 Å². The number of hydrogen-bond donors (Lipinski definition) is 0. The van der Waals surface area contributed by atoms with Crippen molar-refractivity contribution in [3.8, 4) is 0 Å². The van der Waals surface area contributed by atoms with E-state index in [-0.39, 0.29) is 0 Å². The Balaban J connectivity index is 1.69. The zero-order chi connectivity index (χ0) is 22.9. The van der Waals surface area contributed by atoms with Crippen LogP contribution < -0.4 is 10.6 Å². The van der Waals surface area contributed by atoms with Gasteiger partial charge in [-0.3, -0.25) is 0 Å². The normalized spacial score (nSPS) is 11.4. The van der Waals surface area contributed by atoms with Gasteiger partial charge < -0.3 is 0 Å². The fraction of sp³-hybridized carbons (Fsp3) is 0.600. The first-order valence-corrected chi connectivity index (χ1v) is 15.6. The largest absolute Gasteiger partial charge is 0.0859 e. The zero-order valence-corrected chi connectivity index (χ0v) is 22.4. The number of halogens is 1. The van der Waals surface area contributed by atoms with Crippen LogP contribution >= 0.6 is 18.5 Å². The highest BCUT2D eigenvalue weighted by molar-refractivity contribution is 7.95. The molecule has 0 aliphatic rings. The predicted molar refractivity (Wildman–Crippen MR) is 148 cm³/mol. The van der Waals surface area contributed by atoms with Crippen LogP contribution in [0.1, 0.15) is 115 Å². The molecule has 2 heteroatoms. The Morgan fingerprint density at radius 1 is 0.469 bits per heavy atom. The molecule has 0 fully saturated rings. The van der Waals surface area contributed by atoms with Crippen LogP contribution in [-0.4, -0.2) is 0 Å². The van der Waals surface area contributed by atoms with E-state index < -0.39 is 7.27 Å². The molecule has 2 rings (SSSR count). The highest BCUT2D eigenvalue weighted by Gasteiger charge is 2.11. The van der Waals surface area contributed by atoms with Gasteiger partial charge in [0, 0.05) is 0 Å². The van der Waals surface area contributed by atoms with Crippen molar-refractivity contribution in [3.63, 3.8) is 0 Å². The molecule has 0 nitrogen and oxygen atoms in total. The second-order valence-corrected chi connectivity index (χ2v) is 12.0. The fourth-order valence-corrected chi connectivity index (χ4v) is 6.10. The smallest absolute Gasteiger partial charge is 0.0524 e. The molecule has 0 spiro atoms. The molecule has 0 aromatic heterocycles. The van der Waals surface area contributed by atoms with Crippen LogP contribution in [-0.2, 0) is 12.8 Å². The Morgan fingerprint density at radius 3 is 1.12 bits per heavy atom. The highest BCUT2D eigenvalue weighted by Crippen LogP contribution is 2.39. The summed E-state index contributed by atoms with van der Waals surface area (Å²) in [6, 6.07) is 18.2. The van der Waals surface area contributed by atoms with Gasteiger partial charge >= 0.3 is 0 Å². The molecule has 32 heavy (non-hydrogen) atoms. The molecule has 0 aliphatic heterocycles. The molecule has 0 radical (unpaired) electrons. The molecule has 0 saturated heterocycles. The number of unbranched alkanes of at least 4 members (excludes halogenated alkanes) is 12. The molecule has 0 atom stereocenters. The lowest BCUT2D eigenvalue weighted by Crippen LogP contribution is -2.08. The summed E-state index contributed by atoms with van der Waals surface area (Å²) in [7, 11) is -0.773. The second kappa shape index (κ2) is 17.6. The fourth-order valence-electron chi connectivity index (χ4n) is 4.31. The van der Waals surface area contributed by atoms with E-state index in [0.717, 1.165) is 0 Å². The van der Waals surface area contributed by atoms with Gasteiger partial charge in [0.25, 0.3) is 0 Å². The van der Waals surface area contributed by atoms with Crippen molar-refractivity contribution in [2.75, 3.05) is 0 Å². The lowest BCUT2D eigenvalue weighted by atomic mass is 10.0. The van der Waals surface area contributed by atoms with Gasteiger partial charge in [0.1, 0.15) is 0 Å².